The number of hydrogen-bond donors (Lipinski definition) is 1. The molecular weight excluding hydrogens is 278 g/mol. The van der Waals surface area contributed by atoms with Crippen molar-refractivity contribution < 1.29 is 4.74 Å². The molecule has 1 rings (SSSR count). The van der Waals surface area contributed by atoms with Crippen LogP contribution in [0.1, 0.15) is 31.7 Å². The summed E-state index contributed by atoms with van der Waals surface area (Å²) in [7, 11) is 0. The van der Waals surface area contributed by atoms with Crippen LogP contribution in [0.25, 0.3) is 0 Å². The Labute approximate surface area is 113 Å². The van der Waals surface area contributed by atoms with E-state index >= 15 is 0 Å². The molecule has 0 saturated carbocycles. The fraction of sp³-hybridized carbons (Fsp3) is 0.571. The van der Waals surface area contributed by atoms with Crippen LogP contribution in [0.4, 0.5) is 0 Å². The molecule has 0 fully saturated rings. The molecule has 0 bridgehead atoms. The number of benzene rings is 1. The first-order chi connectivity index (χ1) is 8.27. The van der Waals surface area contributed by atoms with E-state index < -0.39 is 0 Å². The van der Waals surface area contributed by atoms with Crippen LogP contribution in [-0.4, -0.2) is 26.3 Å². The predicted octanol–water partition coefficient (Wildman–Crippen LogP) is 3.57. The molecule has 1 atom stereocenters. The zero-order chi connectivity index (χ0) is 12.5. The highest BCUT2D eigenvalue weighted by atomic mass is 79.9. The van der Waals surface area contributed by atoms with Crippen molar-refractivity contribution in [3.63, 3.8) is 0 Å². The zero-order valence-corrected chi connectivity index (χ0v) is 12.3. The van der Waals surface area contributed by atoms with Crippen molar-refractivity contribution in [2.24, 2.45) is 0 Å². The van der Waals surface area contributed by atoms with Gasteiger partial charge in [-0.05, 0) is 37.6 Å². The second-order valence-corrected chi connectivity index (χ2v) is 5.03. The molecule has 2 nitrogen and oxygen atoms in total. The minimum absolute atomic E-state index is 0.430. The van der Waals surface area contributed by atoms with E-state index in [4.69, 9.17) is 4.74 Å². The third-order valence-electron chi connectivity index (χ3n) is 2.66. The Morgan fingerprint density at radius 3 is 2.82 bits per heavy atom. The minimum atomic E-state index is 0.430. The molecule has 1 unspecified atom stereocenters. The van der Waals surface area contributed by atoms with E-state index in [1.165, 1.54) is 12.0 Å². The van der Waals surface area contributed by atoms with Crippen molar-refractivity contribution >= 4 is 15.9 Å². The predicted molar refractivity (Wildman–Crippen MR) is 76.5 cm³/mol. The molecule has 96 valence electrons. The van der Waals surface area contributed by atoms with Crippen molar-refractivity contribution in [2.45, 2.75) is 26.2 Å². The molecule has 1 N–H and O–H groups in total. The summed E-state index contributed by atoms with van der Waals surface area (Å²) in [6.07, 6.45) is 1.17. The Hall–Kier alpha value is -0.380. The Balaban J connectivity index is 2.60. The third kappa shape index (κ3) is 5.66. The van der Waals surface area contributed by atoms with Crippen LogP contribution in [0.15, 0.2) is 28.7 Å². The van der Waals surface area contributed by atoms with Gasteiger partial charge >= 0.3 is 0 Å². The lowest BCUT2D eigenvalue weighted by molar-refractivity contribution is 0.131. The summed E-state index contributed by atoms with van der Waals surface area (Å²) in [5.41, 5.74) is 1.33. The van der Waals surface area contributed by atoms with E-state index in [0.717, 1.165) is 30.8 Å². The topological polar surface area (TPSA) is 21.3 Å². The van der Waals surface area contributed by atoms with Crippen LogP contribution in [0.3, 0.4) is 0 Å². The first-order valence-electron chi connectivity index (χ1n) is 6.31. The molecule has 0 radical (unpaired) electrons. The monoisotopic (exact) mass is 299 g/mol. The van der Waals surface area contributed by atoms with E-state index in [1.807, 2.05) is 6.92 Å². The highest BCUT2D eigenvalue weighted by Crippen LogP contribution is 2.20. The van der Waals surface area contributed by atoms with Crippen molar-refractivity contribution in [1.82, 2.24) is 5.32 Å². The average Bonchev–Trinajstić information content (AvgIpc) is 2.33. The maximum absolute atomic E-state index is 5.57. The van der Waals surface area contributed by atoms with Gasteiger partial charge in [-0.1, -0.05) is 35.0 Å². The number of rotatable bonds is 8. The van der Waals surface area contributed by atoms with E-state index in [2.05, 4.69) is 52.4 Å². The van der Waals surface area contributed by atoms with Gasteiger partial charge in [-0.2, -0.15) is 0 Å². The minimum Gasteiger partial charge on any atom is -0.381 e. The van der Waals surface area contributed by atoms with E-state index in [0.29, 0.717) is 5.92 Å². The van der Waals surface area contributed by atoms with Gasteiger partial charge in [0.05, 0.1) is 6.61 Å². The average molecular weight is 300 g/mol. The van der Waals surface area contributed by atoms with Crippen LogP contribution in [0.2, 0.25) is 0 Å². The van der Waals surface area contributed by atoms with Gasteiger partial charge in [-0.3, -0.25) is 0 Å². The molecule has 0 aliphatic carbocycles. The standard InChI is InChI=1S/C14H22BrNO/c1-3-8-16-10-13(11-17-4-2)12-6-5-7-14(15)9-12/h5-7,9,13,16H,3-4,8,10-11H2,1-2H3. The molecule has 0 amide bonds. The Kier molecular flexibility index (Phi) is 7.49. The van der Waals surface area contributed by atoms with Gasteiger partial charge in [-0.25, -0.2) is 0 Å². The van der Waals surface area contributed by atoms with Crippen LogP contribution in [0.5, 0.6) is 0 Å². The lowest BCUT2D eigenvalue weighted by Gasteiger charge is -2.18. The smallest absolute Gasteiger partial charge is 0.0546 e. The molecule has 0 aliphatic rings. The lowest BCUT2D eigenvalue weighted by Crippen LogP contribution is -2.25. The Morgan fingerprint density at radius 2 is 2.18 bits per heavy atom. The molecule has 1 aromatic rings. The van der Waals surface area contributed by atoms with Gasteiger partial charge in [0.15, 0.2) is 0 Å². The maximum Gasteiger partial charge on any atom is 0.0546 e. The van der Waals surface area contributed by atoms with Crippen molar-refractivity contribution in [3.05, 3.63) is 34.3 Å². The maximum atomic E-state index is 5.57. The number of nitrogens with one attached hydrogen (secondary N) is 1. The molecule has 1 aromatic carbocycles. The summed E-state index contributed by atoms with van der Waals surface area (Å²) in [5, 5.41) is 3.47. The Bertz CT molecular complexity index is 317. The lowest BCUT2D eigenvalue weighted by atomic mass is 10.00. The largest absolute Gasteiger partial charge is 0.381 e. The molecule has 17 heavy (non-hydrogen) atoms. The van der Waals surface area contributed by atoms with Crippen LogP contribution >= 0.6 is 15.9 Å². The molecule has 0 aliphatic heterocycles. The van der Waals surface area contributed by atoms with Crippen molar-refractivity contribution in [1.29, 1.82) is 0 Å². The first kappa shape index (κ1) is 14.7. The molecule has 0 spiro atoms. The van der Waals surface area contributed by atoms with Crippen molar-refractivity contribution in [2.75, 3.05) is 26.3 Å². The van der Waals surface area contributed by atoms with Gasteiger partial charge in [0.25, 0.3) is 0 Å². The highest BCUT2D eigenvalue weighted by molar-refractivity contribution is 9.10. The molecule has 0 heterocycles. The van der Waals surface area contributed by atoms with Crippen LogP contribution in [0, 0.1) is 0 Å². The van der Waals surface area contributed by atoms with Gasteiger partial charge in [0.1, 0.15) is 0 Å². The molecule has 0 saturated heterocycles. The SMILES string of the molecule is CCCNCC(COCC)c1cccc(Br)c1. The quantitative estimate of drug-likeness (QED) is 0.741. The second kappa shape index (κ2) is 8.67. The summed E-state index contributed by atoms with van der Waals surface area (Å²) in [6, 6.07) is 8.48. The fourth-order valence-corrected chi connectivity index (χ4v) is 2.16. The summed E-state index contributed by atoms with van der Waals surface area (Å²) >= 11 is 3.52. The zero-order valence-electron chi connectivity index (χ0n) is 10.7. The number of hydrogen-bond acceptors (Lipinski definition) is 2. The van der Waals surface area contributed by atoms with E-state index in [-0.39, 0.29) is 0 Å². The molecule has 3 heteroatoms. The summed E-state index contributed by atoms with van der Waals surface area (Å²) in [5.74, 6) is 0.430. The van der Waals surface area contributed by atoms with Gasteiger partial charge in [0.2, 0.25) is 0 Å². The summed E-state index contributed by atoms with van der Waals surface area (Å²) in [6.45, 7) is 7.82. The van der Waals surface area contributed by atoms with E-state index in [1.54, 1.807) is 0 Å². The van der Waals surface area contributed by atoms with Crippen LogP contribution in [-0.2, 0) is 4.74 Å². The van der Waals surface area contributed by atoms with Gasteiger partial charge in [0, 0.05) is 23.5 Å². The second-order valence-electron chi connectivity index (χ2n) is 4.12. The molecular formula is C14H22BrNO. The van der Waals surface area contributed by atoms with Gasteiger partial charge in [-0.15, -0.1) is 0 Å². The van der Waals surface area contributed by atoms with Crippen molar-refractivity contribution in [3.8, 4) is 0 Å². The number of halogens is 1. The Morgan fingerprint density at radius 1 is 1.35 bits per heavy atom. The highest BCUT2D eigenvalue weighted by Gasteiger charge is 2.11. The summed E-state index contributed by atoms with van der Waals surface area (Å²) in [4.78, 5) is 0. The van der Waals surface area contributed by atoms with E-state index in [9.17, 15) is 0 Å². The fourth-order valence-electron chi connectivity index (χ4n) is 1.75. The van der Waals surface area contributed by atoms with Crippen LogP contribution < -0.4 is 5.32 Å². The first-order valence-corrected chi connectivity index (χ1v) is 7.11. The number of ether oxygens (including phenoxy) is 1. The van der Waals surface area contributed by atoms with Gasteiger partial charge < -0.3 is 10.1 Å². The third-order valence-corrected chi connectivity index (χ3v) is 3.15. The normalized spacial score (nSPS) is 12.6. The summed E-state index contributed by atoms with van der Waals surface area (Å²) < 4.78 is 6.70. The molecule has 0 aromatic heterocycles.